The smallest absolute Gasteiger partial charge is 0.257 e. The van der Waals surface area contributed by atoms with Crippen molar-refractivity contribution in [1.82, 2.24) is 9.88 Å². The normalized spacial score (nSPS) is 10.7. The molecule has 26 heavy (non-hydrogen) atoms. The zero-order valence-electron chi connectivity index (χ0n) is 15.2. The number of benzene rings is 2. The summed E-state index contributed by atoms with van der Waals surface area (Å²) < 4.78 is 7.05. The number of hydrogen-bond acceptors (Lipinski definition) is 3. The monoisotopic (exact) mass is 350 g/mol. The second-order valence-corrected chi connectivity index (χ2v) is 6.21. The quantitative estimate of drug-likeness (QED) is 0.768. The van der Waals surface area contributed by atoms with E-state index in [0.29, 0.717) is 18.5 Å². The van der Waals surface area contributed by atoms with Gasteiger partial charge in [0.2, 0.25) is 5.43 Å². The van der Waals surface area contributed by atoms with Gasteiger partial charge in [-0.2, -0.15) is 0 Å². The first-order chi connectivity index (χ1) is 12.5. The molecule has 0 unspecified atom stereocenters. The Morgan fingerprint density at radius 3 is 2.54 bits per heavy atom. The van der Waals surface area contributed by atoms with E-state index in [-0.39, 0.29) is 16.9 Å². The fourth-order valence-electron chi connectivity index (χ4n) is 2.96. The number of pyridine rings is 1. The lowest BCUT2D eigenvalue weighted by molar-refractivity contribution is 0.0949. The maximum atomic E-state index is 12.8. The van der Waals surface area contributed by atoms with Crippen molar-refractivity contribution in [3.8, 4) is 5.75 Å². The molecule has 1 amide bonds. The summed E-state index contributed by atoms with van der Waals surface area (Å²) in [6, 6.07) is 13.2. The van der Waals surface area contributed by atoms with Crippen LogP contribution < -0.4 is 15.5 Å². The summed E-state index contributed by atoms with van der Waals surface area (Å²) in [4.78, 5) is 25.4. The van der Waals surface area contributed by atoms with E-state index in [1.807, 2.05) is 60.9 Å². The number of ether oxygens (including phenoxy) is 1. The number of aryl methyl sites for hydroxylation is 2. The number of carbonyl (C=O) groups is 1. The molecule has 3 rings (SSSR count). The molecule has 1 N–H and O–H groups in total. The van der Waals surface area contributed by atoms with Crippen LogP contribution >= 0.6 is 0 Å². The Morgan fingerprint density at radius 2 is 1.88 bits per heavy atom. The van der Waals surface area contributed by atoms with Crippen LogP contribution in [0.25, 0.3) is 10.9 Å². The fraction of sp³-hybridized carbons (Fsp3) is 0.238. The van der Waals surface area contributed by atoms with Crippen molar-refractivity contribution < 1.29 is 9.53 Å². The first-order valence-corrected chi connectivity index (χ1v) is 8.58. The molecule has 0 spiro atoms. The van der Waals surface area contributed by atoms with E-state index in [0.717, 1.165) is 22.4 Å². The van der Waals surface area contributed by atoms with Gasteiger partial charge in [-0.1, -0.05) is 23.8 Å². The number of rotatable bonds is 5. The molecule has 5 nitrogen and oxygen atoms in total. The van der Waals surface area contributed by atoms with Crippen LogP contribution in [0.3, 0.4) is 0 Å². The molecule has 2 aromatic carbocycles. The Labute approximate surface area is 152 Å². The highest BCUT2D eigenvalue weighted by atomic mass is 16.5. The molecule has 0 aliphatic carbocycles. The Morgan fingerprint density at radius 1 is 1.15 bits per heavy atom. The Bertz CT molecular complexity index is 1000. The molecule has 0 saturated carbocycles. The summed E-state index contributed by atoms with van der Waals surface area (Å²) in [7, 11) is 1.61. The molecule has 1 aromatic heterocycles. The molecule has 0 bridgehead atoms. The number of aromatic nitrogens is 1. The number of nitrogens with zero attached hydrogens (tertiary/aromatic N) is 1. The molecule has 0 radical (unpaired) electrons. The summed E-state index contributed by atoms with van der Waals surface area (Å²) in [5, 5.41) is 3.40. The average molecular weight is 350 g/mol. The number of hydrogen-bond donors (Lipinski definition) is 1. The highest BCUT2D eigenvalue weighted by molar-refractivity contribution is 5.97. The summed E-state index contributed by atoms with van der Waals surface area (Å²) in [5.74, 6) is 0.396. The molecule has 1 heterocycles. The van der Waals surface area contributed by atoms with Gasteiger partial charge in [0.15, 0.2) is 0 Å². The van der Waals surface area contributed by atoms with Gasteiger partial charge in [-0.3, -0.25) is 9.59 Å². The molecule has 0 saturated heterocycles. The number of nitrogens with one attached hydrogen (secondary N) is 1. The molecule has 5 heteroatoms. The van der Waals surface area contributed by atoms with Gasteiger partial charge in [0.1, 0.15) is 11.3 Å². The highest BCUT2D eigenvalue weighted by Crippen LogP contribution is 2.15. The van der Waals surface area contributed by atoms with Crippen LogP contribution in [0.15, 0.2) is 53.5 Å². The van der Waals surface area contributed by atoms with Crippen LogP contribution in [0, 0.1) is 6.92 Å². The maximum Gasteiger partial charge on any atom is 0.257 e. The molecular formula is C21H22N2O3. The third kappa shape index (κ3) is 3.47. The van der Waals surface area contributed by atoms with Crippen LogP contribution in [0.5, 0.6) is 5.75 Å². The lowest BCUT2D eigenvalue weighted by Gasteiger charge is -2.12. The van der Waals surface area contributed by atoms with E-state index >= 15 is 0 Å². The number of amides is 1. The van der Waals surface area contributed by atoms with Gasteiger partial charge in [0.25, 0.3) is 5.91 Å². The van der Waals surface area contributed by atoms with Gasteiger partial charge >= 0.3 is 0 Å². The van der Waals surface area contributed by atoms with E-state index in [9.17, 15) is 9.59 Å². The minimum Gasteiger partial charge on any atom is -0.497 e. The molecule has 0 atom stereocenters. The summed E-state index contributed by atoms with van der Waals surface area (Å²) in [6.07, 6.45) is 1.64. The van der Waals surface area contributed by atoms with Gasteiger partial charge < -0.3 is 14.6 Å². The Balaban J connectivity index is 1.89. The van der Waals surface area contributed by atoms with Gasteiger partial charge in [-0.15, -0.1) is 0 Å². The van der Waals surface area contributed by atoms with Gasteiger partial charge in [-0.05, 0) is 43.7 Å². The predicted molar refractivity (Wildman–Crippen MR) is 103 cm³/mol. The van der Waals surface area contributed by atoms with Crippen LogP contribution in [-0.4, -0.2) is 17.6 Å². The third-order valence-electron chi connectivity index (χ3n) is 4.43. The SMILES string of the molecule is CCn1cc(C(=O)NCc2ccc(OC)cc2)c(=O)c2cc(C)ccc21. The Hall–Kier alpha value is -3.08. The zero-order valence-corrected chi connectivity index (χ0v) is 15.2. The van der Waals surface area contributed by atoms with Crippen molar-refractivity contribution in [1.29, 1.82) is 0 Å². The number of carbonyl (C=O) groups excluding carboxylic acids is 1. The van der Waals surface area contributed by atoms with Crippen molar-refractivity contribution >= 4 is 16.8 Å². The highest BCUT2D eigenvalue weighted by Gasteiger charge is 2.15. The second kappa shape index (κ2) is 7.44. The van der Waals surface area contributed by atoms with Gasteiger partial charge in [0, 0.05) is 24.7 Å². The van der Waals surface area contributed by atoms with Crippen molar-refractivity contribution in [3.63, 3.8) is 0 Å². The summed E-state index contributed by atoms with van der Waals surface area (Å²) in [6.45, 7) is 4.95. The first-order valence-electron chi connectivity index (χ1n) is 8.58. The Kier molecular flexibility index (Phi) is 5.07. The van der Waals surface area contributed by atoms with Crippen molar-refractivity contribution in [2.75, 3.05) is 7.11 Å². The lowest BCUT2D eigenvalue weighted by Crippen LogP contribution is -2.29. The topological polar surface area (TPSA) is 60.3 Å². The molecule has 0 aliphatic heterocycles. The van der Waals surface area contributed by atoms with E-state index in [2.05, 4.69) is 5.32 Å². The van der Waals surface area contributed by atoms with Crippen molar-refractivity contribution in [2.24, 2.45) is 0 Å². The summed E-state index contributed by atoms with van der Waals surface area (Å²) >= 11 is 0. The second-order valence-electron chi connectivity index (χ2n) is 6.21. The van der Waals surface area contributed by atoms with E-state index in [1.165, 1.54) is 0 Å². The van der Waals surface area contributed by atoms with E-state index < -0.39 is 0 Å². The zero-order chi connectivity index (χ0) is 18.7. The number of methoxy groups -OCH3 is 1. The molecule has 0 fully saturated rings. The molecule has 3 aromatic rings. The largest absolute Gasteiger partial charge is 0.497 e. The molecule has 134 valence electrons. The van der Waals surface area contributed by atoms with E-state index in [1.54, 1.807) is 13.3 Å². The average Bonchev–Trinajstić information content (AvgIpc) is 2.67. The van der Waals surface area contributed by atoms with Gasteiger partial charge in [0.05, 0.1) is 12.6 Å². The molecular weight excluding hydrogens is 328 g/mol. The fourth-order valence-corrected chi connectivity index (χ4v) is 2.96. The van der Waals surface area contributed by atoms with Crippen molar-refractivity contribution in [2.45, 2.75) is 26.9 Å². The predicted octanol–water partition coefficient (Wildman–Crippen LogP) is 3.27. The lowest BCUT2D eigenvalue weighted by atomic mass is 10.1. The van der Waals surface area contributed by atoms with Gasteiger partial charge in [-0.25, -0.2) is 0 Å². The standard InChI is InChI=1S/C21H22N2O3/c1-4-23-13-18(20(24)17-11-14(2)5-10-19(17)23)21(25)22-12-15-6-8-16(26-3)9-7-15/h5-11,13H,4,12H2,1-3H3,(H,22,25). The number of fused-ring (bicyclic) bond motifs is 1. The van der Waals surface area contributed by atoms with Crippen LogP contribution in [0.1, 0.15) is 28.4 Å². The van der Waals surface area contributed by atoms with Crippen LogP contribution in [0.4, 0.5) is 0 Å². The van der Waals surface area contributed by atoms with Crippen molar-refractivity contribution in [3.05, 3.63) is 75.6 Å². The maximum absolute atomic E-state index is 12.8. The molecule has 0 aliphatic rings. The third-order valence-corrected chi connectivity index (χ3v) is 4.43. The first kappa shape index (κ1) is 17.7. The van der Waals surface area contributed by atoms with E-state index in [4.69, 9.17) is 4.74 Å². The minimum absolute atomic E-state index is 0.165. The van der Waals surface area contributed by atoms with Crippen LogP contribution in [-0.2, 0) is 13.1 Å². The summed E-state index contributed by atoms with van der Waals surface area (Å²) in [5.41, 5.74) is 2.70. The minimum atomic E-state index is -0.364. The van der Waals surface area contributed by atoms with Crippen LogP contribution in [0.2, 0.25) is 0 Å².